The van der Waals surface area contributed by atoms with Crippen molar-refractivity contribution in [2.24, 2.45) is 5.92 Å². The second-order valence-corrected chi connectivity index (χ2v) is 4.22. The molecule has 0 N–H and O–H groups in total. The second kappa shape index (κ2) is 5.38. The third kappa shape index (κ3) is 5.04. The van der Waals surface area contributed by atoms with Crippen molar-refractivity contribution in [3.05, 3.63) is 0 Å². The van der Waals surface area contributed by atoms with Crippen molar-refractivity contribution >= 4 is 5.78 Å². The molecule has 0 amide bonds. The summed E-state index contributed by atoms with van der Waals surface area (Å²) in [5.74, 6) is 0.534. The molecule has 1 unspecified atom stereocenters. The summed E-state index contributed by atoms with van der Waals surface area (Å²) in [6.45, 7) is 8.02. The first-order valence-corrected chi connectivity index (χ1v) is 5.00. The van der Waals surface area contributed by atoms with Crippen LogP contribution in [0.2, 0.25) is 0 Å². The highest BCUT2D eigenvalue weighted by molar-refractivity contribution is 5.80. The summed E-state index contributed by atoms with van der Waals surface area (Å²) in [7, 11) is 1.71. The van der Waals surface area contributed by atoms with Crippen LogP contribution in [0.5, 0.6) is 0 Å². The normalized spacial score (nSPS) is 14.2. The molecule has 1 atom stereocenters. The number of hydrogen-bond donors (Lipinski definition) is 0. The zero-order valence-electron chi connectivity index (χ0n) is 9.52. The predicted molar refractivity (Wildman–Crippen MR) is 54.8 cm³/mol. The molecule has 0 aliphatic heterocycles. The Morgan fingerprint density at radius 3 is 2.38 bits per heavy atom. The Morgan fingerprint density at radius 1 is 1.46 bits per heavy atom. The molecule has 0 spiro atoms. The number of rotatable bonds is 6. The average Bonchev–Trinajstić information content (AvgIpc) is 2.13. The van der Waals surface area contributed by atoms with Gasteiger partial charge in [-0.3, -0.25) is 4.79 Å². The molecule has 0 aliphatic rings. The van der Waals surface area contributed by atoms with Crippen molar-refractivity contribution in [3.8, 4) is 0 Å². The van der Waals surface area contributed by atoms with E-state index in [1.807, 2.05) is 13.8 Å². The Balaban J connectivity index is 3.82. The Morgan fingerprint density at radius 2 is 2.00 bits per heavy atom. The quantitative estimate of drug-likeness (QED) is 0.637. The molecule has 0 saturated heterocycles. The number of methoxy groups -OCH3 is 1. The van der Waals surface area contributed by atoms with E-state index in [4.69, 9.17) is 4.74 Å². The van der Waals surface area contributed by atoms with Crippen LogP contribution in [0, 0.1) is 5.92 Å². The average molecular weight is 186 g/mol. The van der Waals surface area contributed by atoms with Gasteiger partial charge in [-0.05, 0) is 26.7 Å². The fourth-order valence-electron chi connectivity index (χ4n) is 1.18. The lowest BCUT2D eigenvalue weighted by Crippen LogP contribution is -2.24. The molecular weight excluding hydrogens is 164 g/mol. The first kappa shape index (κ1) is 12.6. The first-order valence-electron chi connectivity index (χ1n) is 5.00. The molecule has 0 bridgehead atoms. The molecule has 0 aromatic carbocycles. The zero-order chi connectivity index (χ0) is 10.5. The van der Waals surface area contributed by atoms with Gasteiger partial charge >= 0.3 is 0 Å². The summed E-state index contributed by atoms with van der Waals surface area (Å²) in [6, 6.07) is 0. The molecule has 0 fully saturated rings. The van der Waals surface area contributed by atoms with Crippen LogP contribution in [0.1, 0.15) is 47.0 Å². The molecule has 0 saturated carbocycles. The van der Waals surface area contributed by atoms with Gasteiger partial charge in [0.15, 0.2) is 0 Å². The van der Waals surface area contributed by atoms with E-state index in [0.717, 1.165) is 12.8 Å². The Bertz CT molecular complexity index is 161. The summed E-state index contributed by atoms with van der Waals surface area (Å²) in [5.41, 5.74) is -0.0950. The third-order valence-electron chi connectivity index (χ3n) is 2.63. The first-order chi connectivity index (χ1) is 5.93. The molecule has 78 valence electrons. The highest BCUT2D eigenvalue weighted by atomic mass is 16.5. The highest BCUT2D eigenvalue weighted by Gasteiger charge is 2.19. The molecule has 2 nitrogen and oxygen atoms in total. The van der Waals surface area contributed by atoms with Gasteiger partial charge in [-0.15, -0.1) is 0 Å². The molecule has 0 aromatic rings. The fourth-order valence-corrected chi connectivity index (χ4v) is 1.18. The number of carbonyl (C=O) groups excluding carboxylic acids is 1. The predicted octanol–water partition coefficient (Wildman–Crippen LogP) is 2.81. The molecule has 13 heavy (non-hydrogen) atoms. The van der Waals surface area contributed by atoms with Crippen LogP contribution in [-0.2, 0) is 9.53 Å². The van der Waals surface area contributed by atoms with Gasteiger partial charge in [0.2, 0.25) is 0 Å². The summed E-state index contributed by atoms with van der Waals surface area (Å²) in [6.07, 6.45) is 2.51. The van der Waals surface area contributed by atoms with Crippen molar-refractivity contribution in [2.45, 2.75) is 52.6 Å². The molecule has 0 radical (unpaired) electrons. The number of ketones is 1. The molecular formula is C11H22O2. The van der Waals surface area contributed by atoms with Crippen LogP contribution in [0.4, 0.5) is 0 Å². The molecule has 0 rings (SSSR count). The van der Waals surface area contributed by atoms with E-state index in [1.165, 1.54) is 0 Å². The molecule has 0 heterocycles. The summed E-state index contributed by atoms with van der Waals surface area (Å²) < 4.78 is 5.29. The van der Waals surface area contributed by atoms with Crippen LogP contribution >= 0.6 is 0 Å². The third-order valence-corrected chi connectivity index (χ3v) is 2.63. The number of ether oxygens (including phenoxy) is 1. The largest absolute Gasteiger partial charge is 0.379 e. The van der Waals surface area contributed by atoms with Crippen molar-refractivity contribution < 1.29 is 9.53 Å². The van der Waals surface area contributed by atoms with Crippen molar-refractivity contribution in [1.29, 1.82) is 0 Å². The topological polar surface area (TPSA) is 26.3 Å². The van der Waals surface area contributed by atoms with Crippen LogP contribution in [0.15, 0.2) is 0 Å². The van der Waals surface area contributed by atoms with E-state index >= 15 is 0 Å². The smallest absolute Gasteiger partial charge is 0.135 e. The van der Waals surface area contributed by atoms with Crippen molar-refractivity contribution in [2.75, 3.05) is 7.11 Å². The maximum Gasteiger partial charge on any atom is 0.135 e. The summed E-state index contributed by atoms with van der Waals surface area (Å²) in [5, 5.41) is 0. The minimum absolute atomic E-state index is 0.0950. The van der Waals surface area contributed by atoms with Gasteiger partial charge < -0.3 is 4.74 Å². The lowest BCUT2D eigenvalue weighted by Gasteiger charge is -2.24. The molecule has 0 aliphatic carbocycles. The van der Waals surface area contributed by atoms with E-state index in [0.29, 0.717) is 12.2 Å². The van der Waals surface area contributed by atoms with E-state index in [-0.39, 0.29) is 11.5 Å². The maximum absolute atomic E-state index is 11.3. The maximum atomic E-state index is 11.3. The van der Waals surface area contributed by atoms with Gasteiger partial charge in [0.25, 0.3) is 0 Å². The number of hydrogen-bond acceptors (Lipinski definition) is 2. The SMILES string of the molecule is CCC(=O)C(C)CCC(C)(C)OC. The van der Waals surface area contributed by atoms with Crippen LogP contribution < -0.4 is 0 Å². The summed E-state index contributed by atoms with van der Waals surface area (Å²) in [4.78, 5) is 11.3. The van der Waals surface area contributed by atoms with Gasteiger partial charge in [-0.2, -0.15) is 0 Å². The van der Waals surface area contributed by atoms with E-state index in [2.05, 4.69) is 13.8 Å². The van der Waals surface area contributed by atoms with Gasteiger partial charge in [-0.25, -0.2) is 0 Å². The Hall–Kier alpha value is -0.370. The molecule has 0 aromatic heterocycles. The standard InChI is InChI=1S/C11H22O2/c1-6-10(12)9(2)7-8-11(3,4)13-5/h9H,6-8H2,1-5H3. The van der Waals surface area contributed by atoms with Crippen LogP contribution in [0.25, 0.3) is 0 Å². The van der Waals surface area contributed by atoms with Crippen molar-refractivity contribution in [1.82, 2.24) is 0 Å². The molecule has 2 heteroatoms. The van der Waals surface area contributed by atoms with Gasteiger partial charge in [0.05, 0.1) is 5.60 Å². The van der Waals surface area contributed by atoms with E-state index in [9.17, 15) is 4.79 Å². The van der Waals surface area contributed by atoms with Crippen molar-refractivity contribution in [3.63, 3.8) is 0 Å². The van der Waals surface area contributed by atoms with E-state index in [1.54, 1.807) is 7.11 Å². The Labute approximate surface area is 81.7 Å². The fraction of sp³-hybridized carbons (Fsp3) is 0.909. The second-order valence-electron chi connectivity index (χ2n) is 4.22. The minimum Gasteiger partial charge on any atom is -0.379 e. The van der Waals surface area contributed by atoms with Gasteiger partial charge in [-0.1, -0.05) is 13.8 Å². The van der Waals surface area contributed by atoms with E-state index < -0.39 is 0 Å². The minimum atomic E-state index is -0.0950. The van der Waals surface area contributed by atoms with Gasteiger partial charge in [0.1, 0.15) is 5.78 Å². The zero-order valence-corrected chi connectivity index (χ0v) is 9.52. The van der Waals surface area contributed by atoms with Crippen LogP contribution in [0.3, 0.4) is 0 Å². The lowest BCUT2D eigenvalue weighted by molar-refractivity contribution is -0.122. The summed E-state index contributed by atoms with van der Waals surface area (Å²) >= 11 is 0. The highest BCUT2D eigenvalue weighted by Crippen LogP contribution is 2.20. The number of Topliss-reactive ketones (excluding diaryl/α,β-unsaturated/α-hetero) is 1. The monoisotopic (exact) mass is 186 g/mol. The number of carbonyl (C=O) groups is 1. The lowest BCUT2D eigenvalue weighted by atomic mass is 9.92. The Kier molecular flexibility index (Phi) is 5.23. The van der Waals surface area contributed by atoms with Gasteiger partial charge in [0, 0.05) is 19.4 Å². The van der Waals surface area contributed by atoms with Crippen LogP contribution in [-0.4, -0.2) is 18.5 Å².